The first-order valence-corrected chi connectivity index (χ1v) is 14.9. The summed E-state index contributed by atoms with van der Waals surface area (Å²) in [6.45, 7) is 0.416. The van der Waals surface area contributed by atoms with Gasteiger partial charge in [-0.25, -0.2) is 8.78 Å². The number of rotatable bonds is 15. The average molecular weight is 660 g/mol. The van der Waals surface area contributed by atoms with Crippen LogP contribution in [0.5, 0.6) is 23.0 Å². The number of halogens is 2. The Bertz CT molecular complexity index is 1750. The maximum atomic E-state index is 15.2. The summed E-state index contributed by atoms with van der Waals surface area (Å²) in [6, 6.07) is 14.2. The van der Waals surface area contributed by atoms with Crippen LogP contribution in [-0.2, 0) is 14.4 Å². The molecule has 2 amide bonds. The van der Waals surface area contributed by atoms with Gasteiger partial charge in [0.25, 0.3) is 0 Å². The predicted molar refractivity (Wildman–Crippen MR) is 175 cm³/mol. The second-order valence-corrected chi connectivity index (χ2v) is 11.0. The number of aliphatic carboxylic acids is 1. The van der Waals surface area contributed by atoms with Crippen LogP contribution in [0, 0.1) is 17.0 Å². The van der Waals surface area contributed by atoms with Crippen LogP contribution in [0.3, 0.4) is 0 Å². The molecule has 10 nitrogen and oxygen atoms in total. The Morgan fingerprint density at radius 2 is 1.51 bits per heavy atom. The zero-order valence-electron chi connectivity index (χ0n) is 25.1. The summed E-state index contributed by atoms with van der Waals surface area (Å²) in [5.41, 5.74) is -0.238. The van der Waals surface area contributed by atoms with E-state index in [9.17, 15) is 18.8 Å². The van der Waals surface area contributed by atoms with Gasteiger partial charge in [0.2, 0.25) is 11.8 Å². The molecular weight excluding hydrogens is 625 g/mol. The van der Waals surface area contributed by atoms with Gasteiger partial charge in [-0.3, -0.25) is 19.4 Å². The smallest absolute Gasteiger partial charge is 0.316 e. The number of carbonyl (C=O) groups excluding carboxylic acids is 2. The SMILES string of the molecule is COc1cc2c(Oc3ccc(NC(=O)C4(C(=O)Nc5ccc(F)cc5)CC4)cc3F)ccnc2cc1OCCCCCCC(=O)O.[MgH2]. The number of anilines is 2. The van der Waals surface area contributed by atoms with E-state index >= 15 is 4.39 Å². The number of hydrogen-bond donors (Lipinski definition) is 3. The van der Waals surface area contributed by atoms with E-state index in [0.29, 0.717) is 59.7 Å². The number of benzene rings is 3. The highest BCUT2D eigenvalue weighted by molar-refractivity contribution is 6.16. The van der Waals surface area contributed by atoms with E-state index in [1.54, 1.807) is 18.2 Å². The number of amides is 2. The first kappa shape index (κ1) is 35.4. The lowest BCUT2D eigenvalue weighted by molar-refractivity contribution is -0.137. The van der Waals surface area contributed by atoms with Crippen LogP contribution < -0.4 is 24.8 Å². The largest absolute Gasteiger partial charge is 0.493 e. The Morgan fingerprint density at radius 1 is 0.830 bits per heavy atom. The molecule has 0 aliphatic heterocycles. The third-order valence-corrected chi connectivity index (χ3v) is 7.66. The van der Waals surface area contributed by atoms with Crippen molar-refractivity contribution in [2.24, 2.45) is 5.41 Å². The first-order chi connectivity index (χ1) is 22.2. The van der Waals surface area contributed by atoms with Crippen molar-refractivity contribution in [3.63, 3.8) is 0 Å². The number of aromatic nitrogens is 1. The Hall–Kier alpha value is -4.49. The molecule has 1 heterocycles. The van der Waals surface area contributed by atoms with Gasteiger partial charge in [0.1, 0.15) is 17.0 Å². The van der Waals surface area contributed by atoms with Crippen molar-refractivity contribution in [1.29, 1.82) is 0 Å². The second kappa shape index (κ2) is 15.9. The Kier molecular flexibility index (Phi) is 11.9. The van der Waals surface area contributed by atoms with Gasteiger partial charge in [-0.1, -0.05) is 12.8 Å². The number of hydrogen-bond acceptors (Lipinski definition) is 7. The minimum absolute atomic E-state index is 0. The normalized spacial score (nSPS) is 12.8. The summed E-state index contributed by atoms with van der Waals surface area (Å²) in [7, 11) is 1.50. The maximum Gasteiger partial charge on any atom is 0.316 e. The van der Waals surface area contributed by atoms with Crippen LogP contribution in [0.25, 0.3) is 10.9 Å². The van der Waals surface area contributed by atoms with Crippen LogP contribution in [0.4, 0.5) is 20.2 Å². The minimum atomic E-state index is -1.29. The summed E-state index contributed by atoms with van der Waals surface area (Å²) in [6.07, 6.45) is 5.34. The highest BCUT2D eigenvalue weighted by Gasteiger charge is 2.56. The van der Waals surface area contributed by atoms with Crippen molar-refractivity contribution in [1.82, 2.24) is 4.98 Å². The topological polar surface area (TPSA) is 136 Å². The third-order valence-electron chi connectivity index (χ3n) is 7.66. The summed E-state index contributed by atoms with van der Waals surface area (Å²) in [5.74, 6) is -1.92. The molecule has 1 aliphatic rings. The standard InChI is InChI=1S/C34H33F2N3O7.Mg.2H/c1-44-29-19-24-26(20-30(29)45-17-5-3-2-4-6-31(40)41)37-16-13-27(24)46-28-12-11-23(18-25(28)36)39-33(43)34(14-15-34)32(42)38-22-9-7-21(35)8-10-22;;;/h7-13,16,18-20H,2-6,14-15,17H2,1H3,(H,38,42)(H,39,43)(H,40,41);;;. The molecule has 0 radical (unpaired) electrons. The number of unbranched alkanes of at least 4 members (excludes halogenated alkanes) is 3. The number of nitrogens with zero attached hydrogens (tertiary/aromatic N) is 1. The number of carboxylic acids is 1. The molecule has 1 aliphatic carbocycles. The van der Waals surface area contributed by atoms with Crippen molar-refractivity contribution in [2.45, 2.75) is 44.9 Å². The number of carboxylic acid groups (broad SMARTS) is 1. The molecular formula is C34H35F2MgN3O7. The van der Waals surface area contributed by atoms with E-state index in [2.05, 4.69) is 15.6 Å². The summed E-state index contributed by atoms with van der Waals surface area (Å²) < 4.78 is 45.7. The number of nitrogens with one attached hydrogen (secondary N) is 2. The highest BCUT2D eigenvalue weighted by Crippen LogP contribution is 2.47. The van der Waals surface area contributed by atoms with Gasteiger partial charge in [0.05, 0.1) is 19.2 Å². The van der Waals surface area contributed by atoms with Crippen molar-refractivity contribution >= 4 is 63.1 Å². The van der Waals surface area contributed by atoms with E-state index in [-0.39, 0.29) is 40.9 Å². The Balaban J connectivity index is 0.00000500. The van der Waals surface area contributed by atoms with Crippen LogP contribution in [0.2, 0.25) is 0 Å². The van der Waals surface area contributed by atoms with Crippen molar-refractivity contribution in [3.05, 3.63) is 78.5 Å². The zero-order chi connectivity index (χ0) is 32.7. The lowest BCUT2D eigenvalue weighted by Crippen LogP contribution is -2.35. The van der Waals surface area contributed by atoms with E-state index in [1.165, 1.54) is 49.7 Å². The highest BCUT2D eigenvalue weighted by atomic mass is 24.3. The fourth-order valence-corrected chi connectivity index (χ4v) is 4.90. The molecule has 244 valence electrons. The van der Waals surface area contributed by atoms with Crippen molar-refractivity contribution in [2.75, 3.05) is 24.4 Å². The molecule has 3 aromatic carbocycles. The fraction of sp³-hybridized carbons (Fsp3) is 0.294. The summed E-state index contributed by atoms with van der Waals surface area (Å²) in [5, 5.41) is 14.6. The van der Waals surface area contributed by atoms with E-state index in [0.717, 1.165) is 25.3 Å². The molecule has 1 aromatic heterocycles. The number of carbonyl (C=O) groups is 3. The quantitative estimate of drug-likeness (QED) is 0.0784. The molecule has 5 rings (SSSR count). The molecule has 4 aromatic rings. The lowest BCUT2D eigenvalue weighted by Gasteiger charge is -2.16. The fourth-order valence-electron chi connectivity index (χ4n) is 4.90. The first-order valence-electron chi connectivity index (χ1n) is 14.9. The second-order valence-electron chi connectivity index (χ2n) is 11.0. The van der Waals surface area contributed by atoms with Gasteiger partial charge in [-0.15, -0.1) is 0 Å². The molecule has 13 heteroatoms. The van der Waals surface area contributed by atoms with Gasteiger partial charge in [-0.05, 0) is 74.2 Å². The molecule has 0 bridgehead atoms. The number of ether oxygens (including phenoxy) is 3. The minimum Gasteiger partial charge on any atom is -0.493 e. The molecule has 1 fully saturated rings. The maximum absolute atomic E-state index is 15.2. The van der Waals surface area contributed by atoms with E-state index in [4.69, 9.17) is 19.3 Å². The third kappa shape index (κ3) is 8.86. The average Bonchev–Trinajstić information content (AvgIpc) is 3.85. The Labute approximate surface area is 286 Å². The summed E-state index contributed by atoms with van der Waals surface area (Å²) >= 11 is 0. The Morgan fingerprint density at radius 3 is 2.17 bits per heavy atom. The number of pyridine rings is 1. The van der Waals surface area contributed by atoms with Crippen molar-refractivity contribution < 1.29 is 42.5 Å². The molecule has 3 N–H and O–H groups in total. The van der Waals surface area contributed by atoms with Gasteiger partial charge < -0.3 is 30.0 Å². The molecule has 0 spiro atoms. The van der Waals surface area contributed by atoms with Crippen molar-refractivity contribution in [3.8, 4) is 23.0 Å². The van der Waals surface area contributed by atoms with Gasteiger partial charge in [0, 0.05) is 41.5 Å². The van der Waals surface area contributed by atoms with E-state index < -0.39 is 34.8 Å². The summed E-state index contributed by atoms with van der Waals surface area (Å²) in [4.78, 5) is 40.9. The van der Waals surface area contributed by atoms with Crippen LogP contribution in [0.1, 0.15) is 44.9 Å². The molecule has 0 atom stereocenters. The van der Waals surface area contributed by atoms with Crippen LogP contribution in [-0.4, -0.2) is 64.6 Å². The number of fused-ring (bicyclic) bond motifs is 1. The van der Waals surface area contributed by atoms with E-state index in [1.807, 2.05) is 0 Å². The molecule has 0 saturated heterocycles. The monoisotopic (exact) mass is 659 g/mol. The molecule has 1 saturated carbocycles. The lowest BCUT2D eigenvalue weighted by atomic mass is 10.0. The van der Waals surface area contributed by atoms with Crippen LogP contribution in [0.15, 0.2) is 66.9 Å². The number of methoxy groups -OCH3 is 1. The van der Waals surface area contributed by atoms with Crippen LogP contribution >= 0.6 is 0 Å². The van der Waals surface area contributed by atoms with Gasteiger partial charge in [0.15, 0.2) is 23.1 Å². The molecule has 0 unspecified atom stereocenters. The predicted octanol–water partition coefficient (Wildman–Crippen LogP) is 6.17. The molecule has 47 heavy (non-hydrogen) atoms. The van der Waals surface area contributed by atoms with Gasteiger partial charge >= 0.3 is 29.0 Å². The van der Waals surface area contributed by atoms with Gasteiger partial charge in [-0.2, -0.15) is 0 Å². The zero-order valence-corrected chi connectivity index (χ0v) is 25.1.